The molecule has 1 fully saturated rings. The van der Waals surface area contributed by atoms with Crippen LogP contribution in [0.2, 0.25) is 0 Å². The molecule has 1 aliphatic rings. The summed E-state index contributed by atoms with van der Waals surface area (Å²) in [6, 6.07) is 9.32. The van der Waals surface area contributed by atoms with Gasteiger partial charge in [0.05, 0.1) is 41.4 Å². The molecule has 4 rings (SSSR count). The second-order valence-corrected chi connectivity index (χ2v) is 7.14. The average molecular weight is 395 g/mol. The van der Waals surface area contributed by atoms with E-state index in [1.54, 1.807) is 24.3 Å². The van der Waals surface area contributed by atoms with Gasteiger partial charge in [-0.25, -0.2) is 4.39 Å². The topological polar surface area (TPSA) is 87.2 Å². The van der Waals surface area contributed by atoms with Crippen molar-refractivity contribution in [2.24, 2.45) is 0 Å². The van der Waals surface area contributed by atoms with Crippen molar-refractivity contribution in [2.45, 2.75) is 31.4 Å². The second kappa shape index (κ2) is 8.05. The highest BCUT2D eigenvalue weighted by Crippen LogP contribution is 2.32. The molecule has 1 amide bonds. The molecule has 1 saturated carbocycles. The number of ether oxygens (including phenoxy) is 1. The summed E-state index contributed by atoms with van der Waals surface area (Å²) in [6.07, 6.45) is 5.47. The Morgan fingerprint density at radius 2 is 2.03 bits per heavy atom. The summed E-state index contributed by atoms with van der Waals surface area (Å²) in [6.45, 7) is 0. The molecular formula is C22H22FN3O3. The van der Waals surface area contributed by atoms with E-state index in [0.29, 0.717) is 34.3 Å². The van der Waals surface area contributed by atoms with Crippen LogP contribution >= 0.6 is 0 Å². The van der Waals surface area contributed by atoms with E-state index in [-0.39, 0.29) is 17.8 Å². The summed E-state index contributed by atoms with van der Waals surface area (Å²) in [5, 5.41) is 20.8. The Bertz CT molecular complexity index is 1060. The lowest BCUT2D eigenvalue weighted by Crippen LogP contribution is -2.39. The third kappa shape index (κ3) is 3.86. The fraction of sp³-hybridized carbons (Fsp3) is 0.273. The van der Waals surface area contributed by atoms with Gasteiger partial charge in [-0.05, 0) is 55.2 Å². The van der Waals surface area contributed by atoms with Crippen molar-refractivity contribution in [1.29, 1.82) is 0 Å². The molecule has 150 valence electrons. The zero-order valence-electron chi connectivity index (χ0n) is 16.0. The van der Waals surface area contributed by atoms with Crippen molar-refractivity contribution in [3.63, 3.8) is 0 Å². The fourth-order valence-corrected chi connectivity index (χ4v) is 3.72. The Morgan fingerprint density at radius 1 is 1.24 bits per heavy atom. The van der Waals surface area contributed by atoms with Gasteiger partial charge in [-0.15, -0.1) is 0 Å². The number of aromatic nitrogens is 2. The number of halogens is 1. The molecule has 7 heteroatoms. The lowest BCUT2D eigenvalue weighted by molar-refractivity contribution is 0.0870. The smallest absolute Gasteiger partial charge is 0.255 e. The third-order valence-corrected chi connectivity index (χ3v) is 5.26. The van der Waals surface area contributed by atoms with Gasteiger partial charge in [-0.3, -0.25) is 9.89 Å². The summed E-state index contributed by atoms with van der Waals surface area (Å²) in [5.74, 6) is -0.164. The molecular weight excluding hydrogens is 373 g/mol. The number of aromatic amines is 1. The molecule has 0 aliphatic heterocycles. The SMILES string of the molecule is COc1c(C(=O)N[C@@H]2CCC[C@H]2O)ccc2n[nH]c(C=Cc3ccc(F)cc3)c12. The highest BCUT2D eigenvalue weighted by Gasteiger charge is 2.28. The first kappa shape index (κ1) is 19.1. The largest absolute Gasteiger partial charge is 0.495 e. The van der Waals surface area contributed by atoms with Gasteiger partial charge < -0.3 is 15.2 Å². The summed E-state index contributed by atoms with van der Waals surface area (Å²) in [7, 11) is 1.51. The van der Waals surface area contributed by atoms with Gasteiger partial charge >= 0.3 is 0 Å². The maximum atomic E-state index is 13.1. The Labute approximate surface area is 167 Å². The van der Waals surface area contributed by atoms with Crippen molar-refractivity contribution >= 4 is 29.0 Å². The third-order valence-electron chi connectivity index (χ3n) is 5.26. The molecule has 29 heavy (non-hydrogen) atoms. The van der Waals surface area contributed by atoms with E-state index < -0.39 is 6.10 Å². The number of aliphatic hydroxyl groups excluding tert-OH is 1. The van der Waals surface area contributed by atoms with E-state index in [9.17, 15) is 14.3 Å². The van der Waals surface area contributed by atoms with E-state index in [4.69, 9.17) is 4.74 Å². The number of amides is 1. The quantitative estimate of drug-likeness (QED) is 0.617. The number of carbonyl (C=O) groups is 1. The first-order valence-electron chi connectivity index (χ1n) is 9.54. The predicted octanol–water partition coefficient (Wildman–Crippen LogP) is 3.52. The molecule has 0 saturated heterocycles. The maximum Gasteiger partial charge on any atom is 0.255 e. The van der Waals surface area contributed by atoms with Gasteiger partial charge in [0.1, 0.15) is 11.6 Å². The Kier molecular flexibility index (Phi) is 5.31. The van der Waals surface area contributed by atoms with E-state index in [1.807, 2.05) is 12.2 Å². The van der Waals surface area contributed by atoms with E-state index >= 15 is 0 Å². The minimum atomic E-state index is -0.517. The lowest BCUT2D eigenvalue weighted by Gasteiger charge is -2.17. The highest BCUT2D eigenvalue weighted by atomic mass is 19.1. The molecule has 0 radical (unpaired) electrons. The number of carbonyl (C=O) groups excluding carboxylic acids is 1. The summed E-state index contributed by atoms with van der Waals surface area (Å²) < 4.78 is 18.7. The molecule has 1 aromatic heterocycles. The molecule has 2 atom stereocenters. The van der Waals surface area contributed by atoms with Crippen molar-refractivity contribution < 1.29 is 19.0 Å². The fourth-order valence-electron chi connectivity index (χ4n) is 3.72. The summed E-state index contributed by atoms with van der Waals surface area (Å²) >= 11 is 0. The van der Waals surface area contributed by atoms with Crippen molar-refractivity contribution in [2.75, 3.05) is 7.11 Å². The van der Waals surface area contributed by atoms with Gasteiger partial charge in [0, 0.05) is 0 Å². The zero-order chi connectivity index (χ0) is 20.4. The second-order valence-electron chi connectivity index (χ2n) is 7.14. The van der Waals surface area contributed by atoms with Crippen LogP contribution in [0.4, 0.5) is 4.39 Å². The van der Waals surface area contributed by atoms with Crippen LogP contribution in [0.25, 0.3) is 23.1 Å². The van der Waals surface area contributed by atoms with Crippen molar-refractivity contribution in [3.05, 3.63) is 59.0 Å². The van der Waals surface area contributed by atoms with Crippen LogP contribution in [0.3, 0.4) is 0 Å². The highest BCUT2D eigenvalue weighted by molar-refractivity contribution is 6.05. The number of rotatable bonds is 5. The number of hydrogen-bond acceptors (Lipinski definition) is 4. The van der Waals surface area contributed by atoms with Crippen molar-refractivity contribution in [1.82, 2.24) is 15.5 Å². The maximum absolute atomic E-state index is 13.1. The number of methoxy groups -OCH3 is 1. The minimum Gasteiger partial charge on any atom is -0.495 e. The van der Waals surface area contributed by atoms with E-state index in [0.717, 1.165) is 18.4 Å². The van der Waals surface area contributed by atoms with Gasteiger partial charge in [0.25, 0.3) is 5.91 Å². The Hall–Kier alpha value is -3.19. The van der Waals surface area contributed by atoms with Crippen LogP contribution in [0.1, 0.15) is 40.9 Å². The zero-order valence-corrected chi connectivity index (χ0v) is 16.0. The first-order valence-corrected chi connectivity index (χ1v) is 9.54. The molecule has 6 nitrogen and oxygen atoms in total. The van der Waals surface area contributed by atoms with Gasteiger partial charge in [0.2, 0.25) is 0 Å². The molecule has 3 N–H and O–H groups in total. The summed E-state index contributed by atoms with van der Waals surface area (Å²) in [4.78, 5) is 12.8. The van der Waals surface area contributed by atoms with Crippen LogP contribution < -0.4 is 10.1 Å². The van der Waals surface area contributed by atoms with E-state index in [2.05, 4.69) is 15.5 Å². The standard InChI is InChI=1S/C22H22FN3O3/c1-29-21-15(22(28)24-16-3-2-4-19(16)27)10-12-18-20(21)17(25-26-18)11-7-13-5-8-14(23)9-6-13/h5-12,16,19,27H,2-4H2,1H3,(H,24,28)(H,25,26)/t16-,19-/m1/s1. The first-order chi connectivity index (χ1) is 14.1. The van der Waals surface area contributed by atoms with Crippen LogP contribution in [-0.2, 0) is 0 Å². The molecule has 3 aromatic rings. The Morgan fingerprint density at radius 3 is 2.72 bits per heavy atom. The molecule has 0 spiro atoms. The molecule has 0 bridgehead atoms. The minimum absolute atomic E-state index is 0.245. The van der Waals surface area contributed by atoms with Crippen LogP contribution in [-0.4, -0.2) is 40.5 Å². The number of nitrogens with zero attached hydrogens (tertiary/aromatic N) is 1. The van der Waals surface area contributed by atoms with Crippen LogP contribution in [0.5, 0.6) is 5.75 Å². The molecule has 1 heterocycles. The van der Waals surface area contributed by atoms with E-state index in [1.165, 1.54) is 19.2 Å². The monoisotopic (exact) mass is 395 g/mol. The number of fused-ring (bicyclic) bond motifs is 1. The van der Waals surface area contributed by atoms with Crippen LogP contribution in [0, 0.1) is 5.82 Å². The van der Waals surface area contributed by atoms with Gasteiger partial charge in [0.15, 0.2) is 0 Å². The summed E-state index contributed by atoms with van der Waals surface area (Å²) in [5.41, 5.74) is 2.56. The van der Waals surface area contributed by atoms with Crippen molar-refractivity contribution in [3.8, 4) is 5.75 Å². The van der Waals surface area contributed by atoms with Gasteiger partial charge in [-0.1, -0.05) is 18.2 Å². The average Bonchev–Trinajstić information content (AvgIpc) is 3.33. The molecule has 1 aliphatic carbocycles. The number of nitrogens with one attached hydrogen (secondary N) is 2. The number of H-pyrrole nitrogens is 1. The molecule has 2 aromatic carbocycles. The van der Waals surface area contributed by atoms with Crippen LogP contribution in [0.15, 0.2) is 36.4 Å². The lowest BCUT2D eigenvalue weighted by atomic mass is 10.1. The normalized spacial score (nSPS) is 19.1. The number of hydrogen-bond donors (Lipinski definition) is 3. The van der Waals surface area contributed by atoms with Gasteiger partial charge in [-0.2, -0.15) is 5.10 Å². The number of benzene rings is 2. The molecule has 0 unspecified atom stereocenters. The predicted molar refractivity (Wildman–Crippen MR) is 109 cm³/mol. The number of aliphatic hydroxyl groups is 1. The Balaban J connectivity index is 1.67.